The highest BCUT2D eigenvalue weighted by molar-refractivity contribution is 5.46. The van der Waals surface area contributed by atoms with E-state index in [1.807, 2.05) is 48.5 Å². The zero-order valence-corrected chi connectivity index (χ0v) is 15.8. The van der Waals surface area contributed by atoms with Gasteiger partial charge in [-0.25, -0.2) is 0 Å². The highest BCUT2D eigenvalue weighted by atomic mass is 16.5. The van der Waals surface area contributed by atoms with Crippen LogP contribution in [-0.4, -0.2) is 14.2 Å². The standard InChI is InChI=1S/C23H25NO3/c1-25-21-13-7-6-11-19(21)15-24-16-20-12-8-14-22(26-2)23(20)27-17-18-9-4-3-5-10-18/h3-14,24H,15-17H2,1-2H3. The zero-order valence-electron chi connectivity index (χ0n) is 15.8. The summed E-state index contributed by atoms with van der Waals surface area (Å²) in [5, 5.41) is 3.47. The molecule has 1 N–H and O–H groups in total. The van der Waals surface area contributed by atoms with Crippen molar-refractivity contribution in [3.63, 3.8) is 0 Å². The van der Waals surface area contributed by atoms with E-state index in [-0.39, 0.29) is 0 Å². The predicted octanol–water partition coefficient (Wildman–Crippen LogP) is 4.57. The number of rotatable bonds is 9. The third-order valence-corrected chi connectivity index (χ3v) is 4.33. The van der Waals surface area contributed by atoms with E-state index in [9.17, 15) is 0 Å². The van der Waals surface area contributed by atoms with Crippen LogP contribution in [0.2, 0.25) is 0 Å². The number of benzene rings is 3. The summed E-state index contributed by atoms with van der Waals surface area (Å²) in [6.45, 7) is 1.87. The van der Waals surface area contributed by atoms with Gasteiger partial charge in [0.15, 0.2) is 11.5 Å². The molecule has 3 aromatic carbocycles. The third kappa shape index (κ3) is 5.02. The van der Waals surface area contributed by atoms with E-state index >= 15 is 0 Å². The molecule has 4 heteroatoms. The monoisotopic (exact) mass is 363 g/mol. The second-order valence-electron chi connectivity index (χ2n) is 6.14. The Bertz CT molecular complexity index is 849. The van der Waals surface area contributed by atoms with Crippen molar-refractivity contribution in [1.82, 2.24) is 5.32 Å². The first-order valence-electron chi connectivity index (χ1n) is 8.97. The van der Waals surface area contributed by atoms with E-state index < -0.39 is 0 Å². The molecule has 0 aliphatic rings. The predicted molar refractivity (Wildman–Crippen MR) is 107 cm³/mol. The SMILES string of the molecule is COc1ccccc1CNCc1cccc(OC)c1OCc1ccccc1. The highest BCUT2D eigenvalue weighted by Gasteiger charge is 2.11. The minimum Gasteiger partial charge on any atom is -0.496 e. The zero-order chi connectivity index (χ0) is 18.9. The molecule has 140 valence electrons. The van der Waals surface area contributed by atoms with E-state index in [1.54, 1.807) is 14.2 Å². The van der Waals surface area contributed by atoms with Crippen molar-refractivity contribution in [1.29, 1.82) is 0 Å². The molecular formula is C23H25NO3. The summed E-state index contributed by atoms with van der Waals surface area (Å²) >= 11 is 0. The average Bonchev–Trinajstić information content (AvgIpc) is 2.73. The Morgan fingerprint density at radius 2 is 1.30 bits per heavy atom. The summed E-state index contributed by atoms with van der Waals surface area (Å²) in [6.07, 6.45) is 0. The number of ether oxygens (including phenoxy) is 3. The Morgan fingerprint density at radius 1 is 0.667 bits per heavy atom. The first kappa shape index (κ1) is 18.8. The molecule has 4 nitrogen and oxygen atoms in total. The van der Waals surface area contributed by atoms with Crippen molar-refractivity contribution >= 4 is 0 Å². The minimum absolute atomic E-state index is 0.501. The second-order valence-corrected chi connectivity index (χ2v) is 6.14. The first-order chi connectivity index (χ1) is 13.3. The fourth-order valence-electron chi connectivity index (χ4n) is 2.94. The number of hydrogen-bond acceptors (Lipinski definition) is 4. The molecule has 0 spiro atoms. The molecule has 3 rings (SSSR count). The van der Waals surface area contributed by atoms with E-state index in [0.717, 1.165) is 33.9 Å². The topological polar surface area (TPSA) is 39.7 Å². The van der Waals surface area contributed by atoms with Crippen LogP contribution < -0.4 is 19.5 Å². The molecule has 0 aliphatic heterocycles. The molecule has 0 bridgehead atoms. The molecular weight excluding hydrogens is 338 g/mol. The number of nitrogens with one attached hydrogen (secondary N) is 1. The van der Waals surface area contributed by atoms with Crippen molar-refractivity contribution in [2.45, 2.75) is 19.7 Å². The van der Waals surface area contributed by atoms with Gasteiger partial charge in [-0.3, -0.25) is 0 Å². The van der Waals surface area contributed by atoms with Crippen LogP contribution in [0.25, 0.3) is 0 Å². The quantitative estimate of drug-likeness (QED) is 0.604. The Hall–Kier alpha value is -2.98. The maximum Gasteiger partial charge on any atom is 0.166 e. The fourth-order valence-corrected chi connectivity index (χ4v) is 2.94. The van der Waals surface area contributed by atoms with Gasteiger partial charge in [-0.05, 0) is 17.7 Å². The largest absolute Gasteiger partial charge is 0.496 e. The molecule has 0 saturated heterocycles. The molecule has 0 heterocycles. The van der Waals surface area contributed by atoms with Gasteiger partial charge < -0.3 is 19.5 Å². The van der Waals surface area contributed by atoms with Gasteiger partial charge in [0, 0.05) is 24.2 Å². The van der Waals surface area contributed by atoms with Crippen molar-refractivity contribution in [3.8, 4) is 17.2 Å². The van der Waals surface area contributed by atoms with Crippen molar-refractivity contribution in [2.24, 2.45) is 0 Å². The van der Waals surface area contributed by atoms with Gasteiger partial charge in [-0.2, -0.15) is 0 Å². The number of methoxy groups -OCH3 is 2. The Kier molecular flexibility index (Phi) is 6.72. The molecule has 0 amide bonds. The molecule has 0 fully saturated rings. The molecule has 27 heavy (non-hydrogen) atoms. The Balaban J connectivity index is 1.69. The lowest BCUT2D eigenvalue weighted by molar-refractivity contribution is 0.280. The molecule has 0 atom stereocenters. The van der Waals surface area contributed by atoms with Crippen LogP contribution in [0.1, 0.15) is 16.7 Å². The van der Waals surface area contributed by atoms with Gasteiger partial charge >= 0.3 is 0 Å². The van der Waals surface area contributed by atoms with Crippen molar-refractivity contribution in [2.75, 3.05) is 14.2 Å². The summed E-state index contributed by atoms with van der Waals surface area (Å²) < 4.78 is 17.0. The molecule has 3 aromatic rings. The second kappa shape index (κ2) is 9.64. The van der Waals surface area contributed by atoms with E-state index in [0.29, 0.717) is 19.7 Å². The summed E-state index contributed by atoms with van der Waals surface area (Å²) in [6, 6.07) is 24.1. The van der Waals surface area contributed by atoms with Crippen LogP contribution in [0.15, 0.2) is 72.8 Å². The van der Waals surface area contributed by atoms with E-state index in [2.05, 4.69) is 29.6 Å². The van der Waals surface area contributed by atoms with Gasteiger partial charge in [0.05, 0.1) is 14.2 Å². The van der Waals surface area contributed by atoms with Gasteiger partial charge in [0.2, 0.25) is 0 Å². The van der Waals surface area contributed by atoms with Crippen LogP contribution in [0.5, 0.6) is 17.2 Å². The van der Waals surface area contributed by atoms with Crippen LogP contribution in [-0.2, 0) is 19.7 Å². The number of para-hydroxylation sites is 2. The van der Waals surface area contributed by atoms with Crippen LogP contribution >= 0.6 is 0 Å². The molecule has 0 unspecified atom stereocenters. The molecule has 0 aromatic heterocycles. The smallest absolute Gasteiger partial charge is 0.166 e. The summed E-state index contributed by atoms with van der Waals surface area (Å²) in [5.41, 5.74) is 3.30. The summed E-state index contributed by atoms with van der Waals surface area (Å²) in [7, 11) is 3.35. The van der Waals surface area contributed by atoms with E-state index in [4.69, 9.17) is 14.2 Å². The van der Waals surface area contributed by atoms with Crippen LogP contribution in [0.3, 0.4) is 0 Å². The fraction of sp³-hybridized carbons (Fsp3) is 0.217. The number of hydrogen-bond donors (Lipinski definition) is 1. The van der Waals surface area contributed by atoms with E-state index in [1.165, 1.54) is 0 Å². The highest BCUT2D eigenvalue weighted by Crippen LogP contribution is 2.32. The maximum atomic E-state index is 6.10. The normalized spacial score (nSPS) is 10.4. The lowest BCUT2D eigenvalue weighted by Crippen LogP contribution is -2.14. The van der Waals surface area contributed by atoms with Crippen molar-refractivity contribution in [3.05, 3.63) is 89.5 Å². The minimum atomic E-state index is 0.501. The maximum absolute atomic E-state index is 6.10. The Morgan fingerprint density at radius 3 is 2.07 bits per heavy atom. The Labute approximate surface area is 160 Å². The lowest BCUT2D eigenvalue weighted by atomic mass is 10.1. The van der Waals surface area contributed by atoms with Crippen LogP contribution in [0.4, 0.5) is 0 Å². The third-order valence-electron chi connectivity index (χ3n) is 4.33. The first-order valence-corrected chi connectivity index (χ1v) is 8.97. The van der Waals surface area contributed by atoms with Gasteiger partial charge in [0.25, 0.3) is 0 Å². The average molecular weight is 363 g/mol. The van der Waals surface area contributed by atoms with Gasteiger partial charge in [-0.1, -0.05) is 60.7 Å². The van der Waals surface area contributed by atoms with Gasteiger partial charge in [0.1, 0.15) is 12.4 Å². The van der Waals surface area contributed by atoms with Crippen molar-refractivity contribution < 1.29 is 14.2 Å². The van der Waals surface area contributed by atoms with Crippen LogP contribution in [0, 0.1) is 0 Å². The lowest BCUT2D eigenvalue weighted by Gasteiger charge is -2.16. The van der Waals surface area contributed by atoms with Gasteiger partial charge in [-0.15, -0.1) is 0 Å². The molecule has 0 aliphatic carbocycles. The summed E-state index contributed by atoms with van der Waals surface area (Å²) in [4.78, 5) is 0. The summed E-state index contributed by atoms with van der Waals surface area (Å²) in [5.74, 6) is 2.40. The molecule has 0 saturated carbocycles. The molecule has 0 radical (unpaired) electrons.